The van der Waals surface area contributed by atoms with E-state index in [0.717, 1.165) is 4.31 Å². The highest BCUT2D eigenvalue weighted by Gasteiger charge is 2.39. The van der Waals surface area contributed by atoms with Crippen molar-refractivity contribution >= 4 is 27.4 Å². The van der Waals surface area contributed by atoms with Crippen molar-refractivity contribution in [1.82, 2.24) is 9.62 Å². The number of sulfonamides is 1. The maximum Gasteiger partial charge on any atom is 0.265 e. The number of nitrogens with one attached hydrogen (secondary N) is 1. The number of nitrogens with zero attached hydrogens (tertiary/aromatic N) is 1. The van der Waals surface area contributed by atoms with Crippen molar-refractivity contribution in [2.45, 2.75) is 11.8 Å². The van der Waals surface area contributed by atoms with Crippen LogP contribution in [-0.2, 0) is 14.8 Å². The minimum Gasteiger partial charge on any atom is -0.324 e. The van der Waals surface area contributed by atoms with Crippen LogP contribution in [0.25, 0.3) is 5.70 Å². The lowest BCUT2D eigenvalue weighted by Crippen LogP contribution is -2.41. The molecule has 0 radical (unpaired) electrons. The number of hydrogen-bond acceptors (Lipinski definition) is 4. The second-order valence-corrected chi connectivity index (χ2v) is 7.75. The summed E-state index contributed by atoms with van der Waals surface area (Å²) in [7, 11) is -3.98. The molecule has 1 aliphatic heterocycles. The number of benzene rings is 2. The van der Waals surface area contributed by atoms with Gasteiger partial charge in [0.2, 0.25) is 11.7 Å². The van der Waals surface area contributed by atoms with Gasteiger partial charge in [0.25, 0.3) is 10.0 Å². The van der Waals surface area contributed by atoms with Crippen LogP contribution in [0.3, 0.4) is 0 Å². The Morgan fingerprint density at radius 1 is 1.07 bits per heavy atom. The van der Waals surface area contributed by atoms with E-state index in [1.165, 1.54) is 19.1 Å². The standard InChI is InChI=1S/C20H18N2O4S/c1-3-13-22-19(20(24)15-9-5-4-6-10-15)18(21-14(2)23)16-11-7-8-12-17(16)27(22,25)26/h3-12H,1,13H2,2H3,(H,21,23). The Hall–Kier alpha value is -3.19. The Labute approximate surface area is 157 Å². The van der Waals surface area contributed by atoms with Crippen molar-refractivity contribution < 1.29 is 18.0 Å². The van der Waals surface area contributed by atoms with E-state index >= 15 is 0 Å². The number of allylic oxidation sites excluding steroid dienone is 1. The van der Waals surface area contributed by atoms with E-state index in [1.807, 2.05) is 0 Å². The summed E-state index contributed by atoms with van der Waals surface area (Å²) in [6, 6.07) is 14.6. The molecule has 0 fully saturated rings. The van der Waals surface area contributed by atoms with Crippen LogP contribution in [0.4, 0.5) is 0 Å². The first kappa shape index (κ1) is 18.6. The summed E-state index contributed by atoms with van der Waals surface area (Å²) >= 11 is 0. The molecule has 3 rings (SSSR count). The summed E-state index contributed by atoms with van der Waals surface area (Å²) in [5.74, 6) is -0.907. The zero-order chi connectivity index (χ0) is 19.6. The Balaban J connectivity index is 2.36. The minimum absolute atomic E-state index is 0.0280. The van der Waals surface area contributed by atoms with Gasteiger partial charge >= 0.3 is 0 Å². The predicted molar refractivity (Wildman–Crippen MR) is 102 cm³/mol. The zero-order valence-electron chi connectivity index (χ0n) is 14.7. The van der Waals surface area contributed by atoms with E-state index in [2.05, 4.69) is 11.9 Å². The maximum atomic E-state index is 13.2. The highest BCUT2D eigenvalue weighted by Crippen LogP contribution is 2.36. The molecule has 0 bridgehead atoms. The van der Waals surface area contributed by atoms with Gasteiger partial charge < -0.3 is 5.32 Å². The maximum absolute atomic E-state index is 13.2. The van der Waals surface area contributed by atoms with Crippen LogP contribution in [0.15, 0.2) is 77.8 Å². The summed E-state index contributed by atoms with van der Waals surface area (Å²) in [6.45, 7) is 4.80. The SMILES string of the molecule is C=CCN1C(C(=O)c2ccccc2)=C(NC(C)=O)c2ccccc2S1(=O)=O. The first-order valence-electron chi connectivity index (χ1n) is 8.22. The van der Waals surface area contributed by atoms with Crippen molar-refractivity contribution in [3.63, 3.8) is 0 Å². The number of Topliss-reactive ketones (excluding diaryl/α,β-unsaturated/α-hetero) is 1. The molecule has 0 aromatic heterocycles. The van der Waals surface area contributed by atoms with Crippen LogP contribution in [0.1, 0.15) is 22.8 Å². The van der Waals surface area contributed by atoms with Crippen molar-refractivity contribution in [2.24, 2.45) is 0 Å². The molecule has 2 aromatic rings. The first-order valence-corrected chi connectivity index (χ1v) is 9.66. The number of ketones is 1. The van der Waals surface area contributed by atoms with Gasteiger partial charge in [0.1, 0.15) is 5.70 Å². The lowest BCUT2D eigenvalue weighted by molar-refractivity contribution is -0.117. The van der Waals surface area contributed by atoms with E-state index in [4.69, 9.17) is 0 Å². The molecule has 0 saturated carbocycles. The van der Waals surface area contributed by atoms with Crippen LogP contribution in [-0.4, -0.2) is 31.0 Å². The molecule has 7 heteroatoms. The van der Waals surface area contributed by atoms with Crippen LogP contribution >= 0.6 is 0 Å². The second-order valence-electron chi connectivity index (χ2n) is 5.92. The number of carbonyl (C=O) groups is 2. The van der Waals surface area contributed by atoms with Crippen molar-refractivity contribution in [1.29, 1.82) is 0 Å². The molecular weight excluding hydrogens is 364 g/mol. The third kappa shape index (κ3) is 3.29. The molecule has 1 amide bonds. The average molecular weight is 382 g/mol. The van der Waals surface area contributed by atoms with Gasteiger partial charge in [-0.2, -0.15) is 0 Å². The fraction of sp³-hybridized carbons (Fsp3) is 0.100. The minimum atomic E-state index is -3.98. The average Bonchev–Trinajstić information content (AvgIpc) is 2.66. The molecule has 0 atom stereocenters. The molecule has 1 heterocycles. The molecule has 0 aliphatic carbocycles. The molecule has 27 heavy (non-hydrogen) atoms. The van der Waals surface area contributed by atoms with E-state index in [1.54, 1.807) is 48.5 Å². The van der Waals surface area contributed by atoms with Gasteiger partial charge in [-0.25, -0.2) is 8.42 Å². The van der Waals surface area contributed by atoms with E-state index in [9.17, 15) is 18.0 Å². The number of rotatable bonds is 5. The summed E-state index contributed by atoms with van der Waals surface area (Å²) in [6.07, 6.45) is 1.40. The summed E-state index contributed by atoms with van der Waals surface area (Å²) in [5.41, 5.74) is 0.671. The Morgan fingerprint density at radius 3 is 2.33 bits per heavy atom. The number of fused-ring (bicyclic) bond motifs is 1. The summed E-state index contributed by atoms with van der Waals surface area (Å²) in [4.78, 5) is 25.1. The first-order chi connectivity index (χ1) is 12.9. The molecule has 1 aliphatic rings. The molecular formula is C20H18N2O4S. The normalized spacial score (nSPS) is 15.1. The van der Waals surface area contributed by atoms with Crippen LogP contribution < -0.4 is 5.32 Å². The van der Waals surface area contributed by atoms with Gasteiger partial charge in [0.05, 0.1) is 17.1 Å². The second kappa shape index (κ2) is 7.20. The Morgan fingerprint density at radius 2 is 1.70 bits per heavy atom. The molecule has 6 nitrogen and oxygen atoms in total. The largest absolute Gasteiger partial charge is 0.324 e. The third-order valence-corrected chi connectivity index (χ3v) is 5.88. The van der Waals surface area contributed by atoms with Crippen LogP contribution in [0.2, 0.25) is 0 Å². The number of carbonyl (C=O) groups excluding carboxylic acids is 2. The van der Waals surface area contributed by atoms with Crippen LogP contribution in [0, 0.1) is 0 Å². The highest BCUT2D eigenvalue weighted by molar-refractivity contribution is 7.89. The lowest BCUT2D eigenvalue weighted by Gasteiger charge is -2.33. The molecule has 138 valence electrons. The van der Waals surface area contributed by atoms with Gasteiger partial charge in [-0.05, 0) is 6.07 Å². The fourth-order valence-corrected chi connectivity index (χ4v) is 4.60. The fourth-order valence-electron chi connectivity index (χ4n) is 2.95. The third-order valence-electron chi connectivity index (χ3n) is 4.06. The van der Waals surface area contributed by atoms with Gasteiger partial charge in [0.15, 0.2) is 0 Å². The van der Waals surface area contributed by atoms with Crippen molar-refractivity contribution in [3.8, 4) is 0 Å². The number of hydrogen-bond donors (Lipinski definition) is 1. The quantitative estimate of drug-likeness (QED) is 0.636. The zero-order valence-corrected chi connectivity index (χ0v) is 15.5. The molecule has 0 spiro atoms. The molecule has 0 saturated heterocycles. The topological polar surface area (TPSA) is 83.6 Å². The Kier molecular flexibility index (Phi) is 4.96. The van der Waals surface area contributed by atoms with Crippen molar-refractivity contribution in [2.75, 3.05) is 6.54 Å². The Bertz CT molecular complexity index is 1060. The summed E-state index contributed by atoms with van der Waals surface area (Å²) in [5, 5.41) is 2.64. The highest BCUT2D eigenvalue weighted by atomic mass is 32.2. The lowest BCUT2D eigenvalue weighted by atomic mass is 10.0. The molecule has 1 N–H and O–H groups in total. The van der Waals surface area contributed by atoms with Gasteiger partial charge in [-0.3, -0.25) is 13.9 Å². The van der Waals surface area contributed by atoms with E-state index in [0.29, 0.717) is 5.56 Å². The smallest absolute Gasteiger partial charge is 0.265 e. The predicted octanol–water partition coefficient (Wildman–Crippen LogP) is 2.56. The van der Waals surface area contributed by atoms with Crippen molar-refractivity contribution in [3.05, 3.63) is 84.1 Å². The van der Waals surface area contributed by atoms with Gasteiger partial charge in [-0.1, -0.05) is 54.6 Å². The molecule has 0 unspecified atom stereocenters. The van der Waals surface area contributed by atoms with Gasteiger partial charge in [-0.15, -0.1) is 6.58 Å². The summed E-state index contributed by atoms with van der Waals surface area (Å²) < 4.78 is 27.3. The number of amides is 1. The molecule has 2 aromatic carbocycles. The van der Waals surface area contributed by atoms with E-state index in [-0.39, 0.29) is 28.4 Å². The van der Waals surface area contributed by atoms with E-state index < -0.39 is 21.7 Å². The van der Waals surface area contributed by atoms with Crippen LogP contribution in [0.5, 0.6) is 0 Å². The monoisotopic (exact) mass is 382 g/mol. The van der Waals surface area contributed by atoms with Gasteiger partial charge in [0, 0.05) is 18.1 Å².